The quantitative estimate of drug-likeness (QED) is 0.831. The third-order valence-corrected chi connectivity index (χ3v) is 3.18. The Balaban J connectivity index is 2.27. The van der Waals surface area contributed by atoms with Crippen LogP contribution < -0.4 is 4.74 Å². The van der Waals surface area contributed by atoms with E-state index in [-0.39, 0.29) is 5.56 Å². The highest BCUT2D eigenvalue weighted by molar-refractivity contribution is 5.89. The summed E-state index contributed by atoms with van der Waals surface area (Å²) in [5, 5.41) is 9.04. The molecule has 6 nitrogen and oxygen atoms in total. The van der Waals surface area contributed by atoms with Gasteiger partial charge in [-0.1, -0.05) is 6.07 Å². The summed E-state index contributed by atoms with van der Waals surface area (Å²) in [6.45, 7) is 8.53. The van der Waals surface area contributed by atoms with E-state index < -0.39 is 5.97 Å². The molecule has 0 saturated carbocycles. The smallest absolute Gasteiger partial charge is 0.335 e. The molecule has 0 amide bonds. The van der Waals surface area contributed by atoms with Gasteiger partial charge in [-0.2, -0.15) is 0 Å². The molecule has 0 bridgehead atoms. The van der Waals surface area contributed by atoms with Crippen molar-refractivity contribution in [3.05, 3.63) is 53.5 Å². The average molecular weight is 311 g/mol. The van der Waals surface area contributed by atoms with E-state index in [1.54, 1.807) is 18.2 Å². The molecule has 0 saturated heterocycles. The van der Waals surface area contributed by atoms with E-state index in [4.69, 9.17) is 16.4 Å². The Bertz CT molecular complexity index is 751. The number of pyridine rings is 1. The van der Waals surface area contributed by atoms with Gasteiger partial charge in [0, 0.05) is 12.7 Å². The number of carboxylic acids is 1. The first-order valence-electron chi connectivity index (χ1n) is 7.00. The third kappa shape index (κ3) is 4.28. The normalized spacial score (nSPS) is 10.3. The van der Waals surface area contributed by atoms with Crippen molar-refractivity contribution in [3.63, 3.8) is 0 Å². The standard InChI is InChI=1S/C17H17N3O3/c1-18-15-10-12(4-5-16(15)23-9-8-20(2)3)14-11-13(17(21)22)6-7-19-14/h4-7,10-11H,8-9H2,2-3H3,(H,21,22). The number of aromatic nitrogens is 1. The highest BCUT2D eigenvalue weighted by Gasteiger charge is 2.10. The van der Waals surface area contributed by atoms with Gasteiger partial charge in [-0.15, -0.1) is 0 Å². The number of benzene rings is 1. The van der Waals surface area contributed by atoms with Crippen LogP contribution in [0.1, 0.15) is 10.4 Å². The van der Waals surface area contributed by atoms with Gasteiger partial charge < -0.3 is 14.7 Å². The molecule has 0 aliphatic heterocycles. The molecular weight excluding hydrogens is 294 g/mol. The summed E-state index contributed by atoms with van der Waals surface area (Å²) in [6, 6.07) is 8.06. The fourth-order valence-electron chi connectivity index (χ4n) is 1.95. The van der Waals surface area contributed by atoms with E-state index in [1.165, 1.54) is 18.3 Å². The van der Waals surface area contributed by atoms with Crippen LogP contribution in [0.3, 0.4) is 0 Å². The number of ether oxygens (including phenoxy) is 1. The molecule has 0 aliphatic rings. The minimum Gasteiger partial charge on any atom is -0.503 e. The van der Waals surface area contributed by atoms with Gasteiger partial charge in [0.05, 0.1) is 24.4 Å². The van der Waals surface area contributed by atoms with Crippen molar-refractivity contribution in [3.8, 4) is 17.0 Å². The number of aromatic carboxylic acids is 1. The van der Waals surface area contributed by atoms with Crippen LogP contribution in [0.4, 0.5) is 5.69 Å². The van der Waals surface area contributed by atoms with Crippen LogP contribution in [0.2, 0.25) is 0 Å². The van der Waals surface area contributed by atoms with E-state index in [9.17, 15) is 4.79 Å². The van der Waals surface area contributed by atoms with Gasteiger partial charge in [-0.25, -0.2) is 9.64 Å². The molecule has 0 spiro atoms. The van der Waals surface area contributed by atoms with Crippen LogP contribution in [-0.4, -0.2) is 48.2 Å². The lowest BCUT2D eigenvalue weighted by atomic mass is 10.1. The number of hydrogen-bond donors (Lipinski definition) is 1. The predicted octanol–water partition coefficient (Wildman–Crippen LogP) is 2.94. The van der Waals surface area contributed by atoms with Gasteiger partial charge in [0.1, 0.15) is 5.75 Å². The van der Waals surface area contributed by atoms with Gasteiger partial charge in [0.15, 0.2) is 0 Å². The monoisotopic (exact) mass is 311 g/mol. The van der Waals surface area contributed by atoms with Crippen LogP contribution >= 0.6 is 0 Å². The fourth-order valence-corrected chi connectivity index (χ4v) is 1.95. The Labute approximate surface area is 134 Å². The molecule has 0 radical (unpaired) electrons. The topological polar surface area (TPSA) is 67.0 Å². The average Bonchev–Trinajstić information content (AvgIpc) is 2.54. The Morgan fingerprint density at radius 3 is 2.78 bits per heavy atom. The second-order valence-electron chi connectivity index (χ2n) is 5.18. The number of nitrogens with zero attached hydrogens (tertiary/aromatic N) is 3. The summed E-state index contributed by atoms with van der Waals surface area (Å²) in [5.41, 5.74) is 1.73. The van der Waals surface area contributed by atoms with Crippen LogP contribution in [0.25, 0.3) is 16.1 Å². The van der Waals surface area contributed by atoms with E-state index in [2.05, 4.69) is 9.83 Å². The van der Waals surface area contributed by atoms with Gasteiger partial charge in [0.25, 0.3) is 0 Å². The Morgan fingerprint density at radius 2 is 2.13 bits per heavy atom. The zero-order valence-corrected chi connectivity index (χ0v) is 13.0. The zero-order valence-electron chi connectivity index (χ0n) is 13.0. The van der Waals surface area contributed by atoms with Crippen molar-refractivity contribution >= 4 is 11.7 Å². The number of likely N-dealkylation sites (N-methyl/N-ethyl adjacent to an activating group) is 1. The molecule has 2 rings (SSSR count). The van der Waals surface area contributed by atoms with E-state index in [0.29, 0.717) is 29.3 Å². The molecule has 1 aromatic carbocycles. The van der Waals surface area contributed by atoms with Gasteiger partial charge in [-0.05, 0) is 43.9 Å². The molecular formula is C17H17N3O3. The van der Waals surface area contributed by atoms with Crippen molar-refractivity contribution in [2.45, 2.75) is 0 Å². The second-order valence-corrected chi connectivity index (χ2v) is 5.18. The van der Waals surface area contributed by atoms with Gasteiger partial charge in [0.2, 0.25) is 5.69 Å². The van der Waals surface area contributed by atoms with Crippen LogP contribution in [-0.2, 0) is 0 Å². The molecule has 0 aliphatic carbocycles. The van der Waals surface area contributed by atoms with E-state index >= 15 is 0 Å². The lowest BCUT2D eigenvalue weighted by Crippen LogP contribution is -2.19. The highest BCUT2D eigenvalue weighted by Crippen LogP contribution is 2.32. The number of rotatable bonds is 6. The van der Waals surface area contributed by atoms with Crippen molar-refractivity contribution in [2.75, 3.05) is 27.2 Å². The Hall–Kier alpha value is -2.91. The molecule has 118 valence electrons. The molecule has 0 unspecified atom stereocenters. The first-order valence-corrected chi connectivity index (χ1v) is 7.00. The predicted molar refractivity (Wildman–Crippen MR) is 86.9 cm³/mol. The van der Waals surface area contributed by atoms with Gasteiger partial charge in [-0.3, -0.25) is 4.98 Å². The Morgan fingerprint density at radius 1 is 1.35 bits per heavy atom. The molecule has 1 aromatic heterocycles. The zero-order chi connectivity index (χ0) is 16.8. The second kappa shape index (κ2) is 7.38. The summed E-state index contributed by atoms with van der Waals surface area (Å²) in [5.74, 6) is -0.498. The summed E-state index contributed by atoms with van der Waals surface area (Å²) in [4.78, 5) is 20.7. The SMILES string of the molecule is [C-]#[N+]c1cc(-c2cc(C(=O)O)ccn2)ccc1OCCN(C)C. The lowest BCUT2D eigenvalue weighted by Gasteiger charge is -2.13. The maximum atomic E-state index is 11.0. The summed E-state index contributed by atoms with van der Waals surface area (Å²) in [7, 11) is 3.90. The summed E-state index contributed by atoms with van der Waals surface area (Å²) < 4.78 is 5.62. The van der Waals surface area contributed by atoms with Gasteiger partial charge >= 0.3 is 5.97 Å². The van der Waals surface area contributed by atoms with Crippen LogP contribution in [0.15, 0.2) is 36.5 Å². The first kappa shape index (κ1) is 16.5. The van der Waals surface area contributed by atoms with Crippen LogP contribution in [0, 0.1) is 6.57 Å². The lowest BCUT2D eigenvalue weighted by molar-refractivity contribution is 0.0697. The molecule has 0 atom stereocenters. The van der Waals surface area contributed by atoms with Crippen molar-refractivity contribution in [2.24, 2.45) is 0 Å². The summed E-state index contributed by atoms with van der Waals surface area (Å²) >= 11 is 0. The highest BCUT2D eigenvalue weighted by atomic mass is 16.5. The molecule has 0 fully saturated rings. The maximum absolute atomic E-state index is 11.0. The van der Waals surface area contributed by atoms with E-state index in [1.807, 2.05) is 19.0 Å². The number of carbonyl (C=O) groups is 1. The Kier molecular flexibility index (Phi) is 5.28. The minimum absolute atomic E-state index is 0.158. The van der Waals surface area contributed by atoms with Crippen molar-refractivity contribution < 1.29 is 14.6 Å². The fraction of sp³-hybridized carbons (Fsp3) is 0.235. The molecule has 23 heavy (non-hydrogen) atoms. The van der Waals surface area contributed by atoms with Crippen LogP contribution in [0.5, 0.6) is 5.75 Å². The minimum atomic E-state index is -1.01. The number of hydrogen-bond acceptors (Lipinski definition) is 4. The molecule has 1 heterocycles. The number of carboxylic acid groups (broad SMARTS) is 1. The van der Waals surface area contributed by atoms with Crippen molar-refractivity contribution in [1.82, 2.24) is 9.88 Å². The van der Waals surface area contributed by atoms with Crippen molar-refractivity contribution in [1.29, 1.82) is 0 Å². The molecule has 1 N–H and O–H groups in total. The largest absolute Gasteiger partial charge is 0.503 e. The molecule has 6 heteroatoms. The first-order chi connectivity index (χ1) is 11.0. The maximum Gasteiger partial charge on any atom is 0.335 e. The third-order valence-electron chi connectivity index (χ3n) is 3.18. The molecule has 2 aromatic rings. The summed E-state index contributed by atoms with van der Waals surface area (Å²) in [6.07, 6.45) is 1.44. The van der Waals surface area contributed by atoms with E-state index in [0.717, 1.165) is 6.54 Å².